The van der Waals surface area contributed by atoms with Crippen LogP contribution in [0.2, 0.25) is 0 Å². The normalized spacial score (nSPS) is 16.4. The fraction of sp³-hybridized carbons (Fsp3) is 0.500. The number of hydrogen-bond acceptors (Lipinski definition) is 3. The molecule has 0 amide bonds. The highest BCUT2D eigenvalue weighted by Gasteiger charge is 2.39. The number of benzene rings is 1. The van der Waals surface area contributed by atoms with Crippen LogP contribution in [0.5, 0.6) is 0 Å². The van der Waals surface area contributed by atoms with E-state index in [0.717, 1.165) is 18.4 Å². The molecule has 1 aromatic carbocycles. The summed E-state index contributed by atoms with van der Waals surface area (Å²) < 4.78 is 25.8. The molecule has 17 heavy (non-hydrogen) atoms. The first-order valence-corrected chi connectivity index (χ1v) is 7.38. The molecule has 0 heterocycles. The molecule has 0 aromatic heterocycles. The van der Waals surface area contributed by atoms with Crippen LogP contribution in [0.15, 0.2) is 30.3 Å². The summed E-state index contributed by atoms with van der Waals surface area (Å²) in [5.41, 5.74) is 6.50. The lowest BCUT2D eigenvalue weighted by Crippen LogP contribution is -2.37. The molecule has 2 N–H and O–H groups in total. The fourth-order valence-corrected chi connectivity index (χ4v) is 3.65. The van der Waals surface area contributed by atoms with Gasteiger partial charge in [-0.25, -0.2) is 8.42 Å². The van der Waals surface area contributed by atoms with Crippen LogP contribution < -0.4 is 5.73 Å². The number of nitrogens with zero attached hydrogens (tertiary/aromatic N) is 1. The minimum absolute atomic E-state index is 0.169. The highest BCUT2D eigenvalue weighted by atomic mass is 32.2. The Morgan fingerprint density at radius 2 is 1.88 bits per heavy atom. The highest BCUT2D eigenvalue weighted by molar-refractivity contribution is 7.90. The number of nitrogens with two attached hydrogens (primary N) is 1. The molecule has 5 heteroatoms. The summed E-state index contributed by atoms with van der Waals surface area (Å²) in [6, 6.07) is 9.63. The first-order chi connectivity index (χ1) is 8.14. The van der Waals surface area contributed by atoms with Gasteiger partial charge in [0.15, 0.2) is 0 Å². The van der Waals surface area contributed by atoms with E-state index in [1.165, 1.54) is 4.31 Å². The lowest BCUT2D eigenvalue weighted by atomic mass is 10.2. The molecule has 1 aromatic rings. The minimum atomic E-state index is -3.13. The van der Waals surface area contributed by atoms with Gasteiger partial charge in [-0.05, 0) is 18.4 Å². The van der Waals surface area contributed by atoms with Crippen LogP contribution >= 0.6 is 0 Å². The molecule has 0 bridgehead atoms. The van der Waals surface area contributed by atoms with E-state index in [1.807, 2.05) is 30.3 Å². The predicted octanol–water partition coefficient (Wildman–Crippen LogP) is 0.939. The maximum Gasteiger partial charge on any atom is 0.217 e. The molecule has 0 aliphatic heterocycles. The zero-order valence-electron chi connectivity index (χ0n) is 9.75. The summed E-state index contributed by atoms with van der Waals surface area (Å²) in [6.45, 7) is 1.18. The van der Waals surface area contributed by atoms with Gasteiger partial charge in [-0.15, -0.1) is 0 Å². The number of hydrogen-bond donors (Lipinski definition) is 1. The smallest absolute Gasteiger partial charge is 0.217 e. The molecule has 1 saturated carbocycles. The van der Waals surface area contributed by atoms with Crippen LogP contribution in [0.1, 0.15) is 18.4 Å². The van der Waals surface area contributed by atoms with Crippen molar-refractivity contribution in [1.29, 1.82) is 0 Å². The van der Waals surface area contributed by atoms with Crippen molar-refractivity contribution in [3.63, 3.8) is 0 Å². The first-order valence-electron chi connectivity index (χ1n) is 5.87. The summed E-state index contributed by atoms with van der Waals surface area (Å²) >= 11 is 0. The second-order valence-electron chi connectivity index (χ2n) is 4.35. The van der Waals surface area contributed by atoms with Crippen molar-refractivity contribution in [3.8, 4) is 0 Å². The van der Waals surface area contributed by atoms with E-state index in [4.69, 9.17) is 5.73 Å². The first kappa shape index (κ1) is 12.5. The van der Waals surface area contributed by atoms with E-state index in [2.05, 4.69) is 0 Å². The van der Waals surface area contributed by atoms with E-state index in [-0.39, 0.29) is 5.25 Å². The van der Waals surface area contributed by atoms with Crippen LogP contribution in [0.3, 0.4) is 0 Å². The molecule has 0 spiro atoms. The fourth-order valence-electron chi connectivity index (χ4n) is 1.80. The maximum atomic E-state index is 12.2. The third-order valence-corrected chi connectivity index (χ3v) is 5.23. The Balaban J connectivity index is 2.12. The Morgan fingerprint density at radius 1 is 1.24 bits per heavy atom. The topological polar surface area (TPSA) is 63.4 Å². The third kappa shape index (κ3) is 3.06. The molecule has 0 unspecified atom stereocenters. The SMILES string of the molecule is NCCN(Cc1ccccc1)S(=O)(=O)C1CC1. The van der Waals surface area contributed by atoms with Crippen molar-refractivity contribution in [1.82, 2.24) is 4.31 Å². The van der Waals surface area contributed by atoms with Gasteiger partial charge in [0.2, 0.25) is 10.0 Å². The molecule has 1 aliphatic carbocycles. The predicted molar refractivity (Wildman–Crippen MR) is 67.8 cm³/mol. The highest BCUT2D eigenvalue weighted by Crippen LogP contribution is 2.31. The van der Waals surface area contributed by atoms with Gasteiger partial charge in [-0.1, -0.05) is 30.3 Å². The summed E-state index contributed by atoms with van der Waals surface area (Å²) in [4.78, 5) is 0. The average Bonchev–Trinajstić information content (AvgIpc) is 3.14. The van der Waals surface area contributed by atoms with Crippen LogP contribution in [-0.4, -0.2) is 31.1 Å². The lowest BCUT2D eigenvalue weighted by molar-refractivity contribution is 0.413. The van der Waals surface area contributed by atoms with Crippen molar-refractivity contribution in [2.75, 3.05) is 13.1 Å². The Bertz CT molecular complexity index is 455. The molecular formula is C12H18N2O2S. The number of sulfonamides is 1. The van der Waals surface area contributed by atoms with E-state index < -0.39 is 10.0 Å². The summed E-state index contributed by atoms with van der Waals surface area (Å²) in [6.07, 6.45) is 1.58. The average molecular weight is 254 g/mol. The van der Waals surface area contributed by atoms with Crippen LogP contribution in [0, 0.1) is 0 Å². The molecule has 0 atom stereocenters. The monoisotopic (exact) mass is 254 g/mol. The van der Waals surface area contributed by atoms with Gasteiger partial charge in [0.1, 0.15) is 0 Å². The molecule has 2 rings (SSSR count). The van der Waals surface area contributed by atoms with Crippen LogP contribution in [-0.2, 0) is 16.6 Å². The van der Waals surface area contributed by atoms with Crippen molar-refractivity contribution in [2.24, 2.45) is 5.73 Å². The van der Waals surface area contributed by atoms with Gasteiger partial charge < -0.3 is 5.73 Å². The van der Waals surface area contributed by atoms with E-state index in [0.29, 0.717) is 19.6 Å². The Labute approximate surface area is 102 Å². The molecule has 1 aliphatic rings. The van der Waals surface area contributed by atoms with Gasteiger partial charge >= 0.3 is 0 Å². The molecule has 94 valence electrons. The van der Waals surface area contributed by atoms with Gasteiger partial charge in [0.25, 0.3) is 0 Å². The molecule has 0 radical (unpaired) electrons. The molecular weight excluding hydrogens is 236 g/mol. The van der Waals surface area contributed by atoms with Gasteiger partial charge in [0, 0.05) is 19.6 Å². The van der Waals surface area contributed by atoms with E-state index in [9.17, 15) is 8.42 Å². The van der Waals surface area contributed by atoms with Crippen molar-refractivity contribution in [2.45, 2.75) is 24.6 Å². The van der Waals surface area contributed by atoms with Gasteiger partial charge in [-0.2, -0.15) is 4.31 Å². The summed E-state index contributed by atoms with van der Waals surface area (Å²) in [7, 11) is -3.13. The Morgan fingerprint density at radius 3 is 2.41 bits per heavy atom. The van der Waals surface area contributed by atoms with Crippen LogP contribution in [0.25, 0.3) is 0 Å². The van der Waals surface area contributed by atoms with Crippen LogP contribution in [0.4, 0.5) is 0 Å². The third-order valence-electron chi connectivity index (χ3n) is 2.89. The molecule has 4 nitrogen and oxygen atoms in total. The summed E-state index contributed by atoms with van der Waals surface area (Å²) in [5.74, 6) is 0. The second-order valence-corrected chi connectivity index (χ2v) is 6.57. The number of rotatable bonds is 6. The van der Waals surface area contributed by atoms with Crippen molar-refractivity contribution >= 4 is 10.0 Å². The zero-order valence-corrected chi connectivity index (χ0v) is 10.6. The van der Waals surface area contributed by atoms with Crippen molar-refractivity contribution < 1.29 is 8.42 Å². The summed E-state index contributed by atoms with van der Waals surface area (Å²) in [5, 5.41) is -0.169. The van der Waals surface area contributed by atoms with Crippen molar-refractivity contribution in [3.05, 3.63) is 35.9 Å². The molecule has 1 fully saturated rings. The Hall–Kier alpha value is -0.910. The second kappa shape index (κ2) is 5.16. The lowest BCUT2D eigenvalue weighted by Gasteiger charge is -2.21. The van der Waals surface area contributed by atoms with E-state index >= 15 is 0 Å². The zero-order chi connectivity index (χ0) is 12.3. The standard InChI is InChI=1S/C12H18N2O2S/c13-8-9-14(17(15,16)12-6-7-12)10-11-4-2-1-3-5-11/h1-5,12H,6-10,13H2. The van der Waals surface area contributed by atoms with E-state index in [1.54, 1.807) is 0 Å². The Kier molecular flexibility index (Phi) is 3.81. The van der Waals surface area contributed by atoms with Gasteiger partial charge in [0.05, 0.1) is 5.25 Å². The molecule has 0 saturated heterocycles. The quantitative estimate of drug-likeness (QED) is 0.821. The largest absolute Gasteiger partial charge is 0.329 e. The van der Waals surface area contributed by atoms with Gasteiger partial charge in [-0.3, -0.25) is 0 Å². The maximum absolute atomic E-state index is 12.2. The minimum Gasteiger partial charge on any atom is -0.329 e.